The number of tetrazole rings is 1. The van der Waals surface area contributed by atoms with Gasteiger partial charge in [-0.25, -0.2) is 27.4 Å². The van der Waals surface area contributed by atoms with Crippen LogP contribution in [0.2, 0.25) is 0 Å². The van der Waals surface area contributed by atoms with Crippen molar-refractivity contribution in [3.63, 3.8) is 0 Å². The number of rotatable bonds is 4. The van der Waals surface area contributed by atoms with E-state index in [1.165, 1.54) is 6.07 Å². The summed E-state index contributed by atoms with van der Waals surface area (Å²) in [4.78, 5) is 0.972. The molecule has 3 rings (SSSR count). The molecule has 0 saturated carbocycles. The molecule has 1 saturated heterocycles. The maximum absolute atomic E-state index is 14.1. The highest BCUT2D eigenvalue weighted by Gasteiger charge is 2.37. The number of aromatic nitrogens is 4. The van der Waals surface area contributed by atoms with Crippen LogP contribution in [-0.4, -0.2) is 53.3 Å². The molecule has 142 valence electrons. The number of halogens is 2. The fourth-order valence-corrected chi connectivity index (χ4v) is 4.18. The number of nitrogens with zero attached hydrogens (tertiary/aromatic N) is 4. The zero-order valence-corrected chi connectivity index (χ0v) is 14.7. The Kier molecular flexibility index (Phi) is 4.67. The van der Waals surface area contributed by atoms with Crippen molar-refractivity contribution in [1.29, 1.82) is 0 Å². The molecule has 0 radical (unpaired) electrons. The number of nitrogens with one attached hydrogen (secondary N) is 1. The Morgan fingerprint density at radius 2 is 2.15 bits per heavy atom. The molecule has 0 unspecified atom stereocenters. The van der Waals surface area contributed by atoms with E-state index in [0.29, 0.717) is 32.0 Å². The molecule has 2 aromatic rings. The van der Waals surface area contributed by atoms with E-state index in [4.69, 9.17) is 5.14 Å². The largest absolute Gasteiger partial charge is 0.391 e. The second-order valence-corrected chi connectivity index (χ2v) is 7.76. The van der Waals surface area contributed by atoms with Crippen LogP contribution in [-0.2, 0) is 15.9 Å². The van der Waals surface area contributed by atoms with Crippen molar-refractivity contribution in [3.8, 4) is 11.4 Å². The van der Waals surface area contributed by atoms with Crippen LogP contribution >= 0.6 is 0 Å². The van der Waals surface area contributed by atoms with Gasteiger partial charge >= 0.3 is 0 Å². The second-order valence-electron chi connectivity index (χ2n) is 6.26. The lowest BCUT2D eigenvalue weighted by atomic mass is 10.0. The molecule has 0 amide bonds. The summed E-state index contributed by atoms with van der Waals surface area (Å²) in [5, 5.41) is 28.1. The van der Waals surface area contributed by atoms with Crippen LogP contribution in [0, 0.1) is 0 Å². The van der Waals surface area contributed by atoms with E-state index < -0.39 is 32.5 Å². The number of benzene rings is 1. The fraction of sp³-hybridized carbons (Fsp3) is 0.500. The lowest BCUT2D eigenvalue weighted by molar-refractivity contribution is 0.0145. The van der Waals surface area contributed by atoms with Crippen molar-refractivity contribution in [3.05, 3.63) is 17.7 Å². The van der Waals surface area contributed by atoms with Gasteiger partial charge in [-0.1, -0.05) is 0 Å². The minimum atomic E-state index is -4.53. The standard InChI is InChI=1S/C14H18F2N6O3S/c1-14(15,16)9-4-5-10(22-6-2-3-8(23)7-22)11(12(9)26(17,24)25)13-18-20-21-19-13/h4-5,8,23H,2-3,6-7H2,1H3,(H2,17,24,25)(H,18,19,20,21)/t8-/m0/s1. The number of primary sulfonamides is 1. The Hall–Kier alpha value is -2.18. The third-order valence-electron chi connectivity index (χ3n) is 4.21. The van der Waals surface area contributed by atoms with Crippen molar-refractivity contribution >= 4 is 15.7 Å². The number of aliphatic hydroxyl groups is 1. The number of hydrogen-bond donors (Lipinski definition) is 3. The molecule has 1 fully saturated rings. The monoisotopic (exact) mass is 388 g/mol. The summed E-state index contributed by atoms with van der Waals surface area (Å²) in [6.45, 7) is 1.32. The summed E-state index contributed by atoms with van der Waals surface area (Å²) in [6, 6.07) is 2.40. The summed E-state index contributed by atoms with van der Waals surface area (Å²) in [5.41, 5.74) is -0.572. The first kappa shape index (κ1) is 18.6. The number of alkyl halides is 2. The number of hydrogen-bond acceptors (Lipinski definition) is 7. The maximum Gasteiger partial charge on any atom is 0.271 e. The molecule has 12 heteroatoms. The molecule has 1 aliphatic heterocycles. The van der Waals surface area contributed by atoms with Gasteiger partial charge in [-0.05, 0) is 35.4 Å². The van der Waals surface area contributed by atoms with Gasteiger partial charge in [0.2, 0.25) is 10.0 Å². The summed E-state index contributed by atoms with van der Waals surface area (Å²) < 4.78 is 52.6. The average Bonchev–Trinajstić information content (AvgIpc) is 3.06. The third kappa shape index (κ3) is 3.52. The number of sulfonamides is 1. The van der Waals surface area contributed by atoms with Gasteiger partial charge in [0.1, 0.15) is 4.90 Å². The molecular formula is C14H18F2N6O3S. The molecule has 0 aliphatic carbocycles. The number of aliphatic hydroxyl groups excluding tert-OH is 1. The first-order valence-corrected chi connectivity index (χ1v) is 9.39. The van der Waals surface area contributed by atoms with E-state index in [1.54, 1.807) is 4.90 Å². The van der Waals surface area contributed by atoms with Gasteiger partial charge < -0.3 is 10.0 Å². The maximum atomic E-state index is 14.1. The van der Waals surface area contributed by atoms with Gasteiger partial charge in [-0.2, -0.15) is 0 Å². The van der Waals surface area contributed by atoms with Crippen molar-refractivity contribution in [2.24, 2.45) is 5.14 Å². The van der Waals surface area contributed by atoms with Crippen LogP contribution in [0.15, 0.2) is 17.0 Å². The summed E-state index contributed by atoms with van der Waals surface area (Å²) >= 11 is 0. The van der Waals surface area contributed by atoms with Crippen LogP contribution in [0.5, 0.6) is 0 Å². The summed E-state index contributed by atoms with van der Waals surface area (Å²) in [6.07, 6.45) is 0.642. The predicted octanol–water partition coefficient (Wildman–Crippen LogP) is 0.587. The summed E-state index contributed by atoms with van der Waals surface area (Å²) in [7, 11) is -4.53. The molecule has 1 atom stereocenters. The smallest absolute Gasteiger partial charge is 0.271 e. The minimum absolute atomic E-state index is 0.102. The number of aromatic amines is 1. The van der Waals surface area contributed by atoms with Gasteiger partial charge in [0.25, 0.3) is 5.92 Å². The fourth-order valence-electron chi connectivity index (χ4n) is 3.14. The average molecular weight is 388 g/mol. The van der Waals surface area contributed by atoms with Crippen molar-refractivity contribution in [1.82, 2.24) is 20.6 Å². The van der Waals surface area contributed by atoms with Crippen molar-refractivity contribution in [2.45, 2.75) is 36.7 Å². The van der Waals surface area contributed by atoms with Gasteiger partial charge in [0, 0.05) is 31.3 Å². The first-order valence-electron chi connectivity index (χ1n) is 7.84. The molecule has 1 aromatic carbocycles. The van der Waals surface area contributed by atoms with Gasteiger partial charge in [-0.15, -0.1) is 5.10 Å². The van der Waals surface area contributed by atoms with Crippen LogP contribution in [0.3, 0.4) is 0 Å². The van der Waals surface area contributed by atoms with E-state index in [9.17, 15) is 22.3 Å². The number of β-amino-alcohol motifs (C(OH)–C–C–N with tert-alkyl or cyclic N) is 1. The van der Waals surface area contributed by atoms with E-state index in [1.807, 2.05) is 0 Å². The zero-order chi connectivity index (χ0) is 19.1. The lowest BCUT2D eigenvalue weighted by Crippen LogP contribution is -2.39. The Bertz CT molecular complexity index is 898. The Morgan fingerprint density at radius 1 is 1.42 bits per heavy atom. The molecule has 26 heavy (non-hydrogen) atoms. The number of nitrogens with two attached hydrogens (primary N) is 1. The highest BCUT2D eigenvalue weighted by atomic mass is 32.2. The molecular weight excluding hydrogens is 370 g/mol. The molecule has 9 nitrogen and oxygen atoms in total. The topological polar surface area (TPSA) is 138 Å². The third-order valence-corrected chi connectivity index (χ3v) is 5.21. The van der Waals surface area contributed by atoms with Gasteiger partial charge in [0.05, 0.1) is 11.7 Å². The SMILES string of the molecule is CC(F)(F)c1ccc(N2CCC[C@H](O)C2)c(-c2nnn[nH]2)c1S(N)(=O)=O. The van der Waals surface area contributed by atoms with Crippen LogP contribution in [0.4, 0.5) is 14.5 Å². The lowest BCUT2D eigenvalue weighted by Gasteiger charge is -2.34. The molecule has 4 N–H and O–H groups in total. The van der Waals surface area contributed by atoms with E-state index in [-0.39, 0.29) is 17.9 Å². The Morgan fingerprint density at radius 3 is 2.69 bits per heavy atom. The van der Waals surface area contributed by atoms with Crippen molar-refractivity contribution < 1.29 is 22.3 Å². The van der Waals surface area contributed by atoms with E-state index in [0.717, 1.165) is 6.07 Å². The predicted molar refractivity (Wildman–Crippen MR) is 88.0 cm³/mol. The van der Waals surface area contributed by atoms with Crippen molar-refractivity contribution in [2.75, 3.05) is 18.0 Å². The van der Waals surface area contributed by atoms with E-state index >= 15 is 0 Å². The van der Waals surface area contributed by atoms with E-state index in [2.05, 4.69) is 20.6 Å². The molecule has 1 aromatic heterocycles. The Labute approximate surface area is 148 Å². The Balaban J connectivity index is 2.33. The quantitative estimate of drug-likeness (QED) is 0.697. The molecule has 2 heterocycles. The number of H-pyrrole nitrogens is 1. The second kappa shape index (κ2) is 6.52. The molecule has 0 bridgehead atoms. The van der Waals surface area contributed by atoms with Gasteiger partial charge in [0.15, 0.2) is 5.82 Å². The van der Waals surface area contributed by atoms with Crippen LogP contribution < -0.4 is 10.0 Å². The first-order chi connectivity index (χ1) is 12.1. The molecule has 0 spiro atoms. The minimum Gasteiger partial charge on any atom is -0.391 e. The van der Waals surface area contributed by atoms with Gasteiger partial charge in [-0.3, -0.25) is 0 Å². The normalized spacial score (nSPS) is 19.0. The van der Waals surface area contributed by atoms with Crippen LogP contribution in [0.25, 0.3) is 11.4 Å². The van der Waals surface area contributed by atoms with Crippen LogP contribution in [0.1, 0.15) is 25.3 Å². The summed E-state index contributed by atoms with van der Waals surface area (Å²) in [5.74, 6) is -3.56. The number of anilines is 1. The highest BCUT2D eigenvalue weighted by molar-refractivity contribution is 7.89. The number of piperidine rings is 1. The zero-order valence-electron chi connectivity index (χ0n) is 13.9. The molecule has 1 aliphatic rings. The highest BCUT2D eigenvalue weighted by Crippen LogP contribution is 2.42.